The Morgan fingerprint density at radius 2 is 1.38 bits per heavy atom. The van der Waals surface area contributed by atoms with E-state index in [1.165, 1.54) is 5.56 Å². The van der Waals surface area contributed by atoms with Crippen molar-refractivity contribution < 1.29 is 9.57 Å². The summed E-state index contributed by atoms with van der Waals surface area (Å²) in [6, 6.07) is 42.3. The monoisotopic (exact) mass is 531 g/mol. The molecule has 0 spiro atoms. The molecule has 5 nitrogen and oxygen atoms in total. The molecule has 1 fully saturated rings. The molecule has 0 amide bonds. The maximum atomic E-state index is 6.67. The minimum absolute atomic E-state index is 0.0222. The summed E-state index contributed by atoms with van der Waals surface area (Å²) < 4.78 is 6.67. The van der Waals surface area contributed by atoms with Crippen LogP contribution in [0.15, 0.2) is 126 Å². The second kappa shape index (κ2) is 11.3. The third-order valence-corrected chi connectivity index (χ3v) is 8.41. The third-order valence-electron chi connectivity index (χ3n) is 8.41. The predicted molar refractivity (Wildman–Crippen MR) is 159 cm³/mol. The molecule has 4 aromatic carbocycles. The summed E-state index contributed by atoms with van der Waals surface area (Å²) >= 11 is 0. The Hall–Kier alpha value is -3.93. The maximum absolute atomic E-state index is 6.67. The fourth-order valence-corrected chi connectivity index (χ4v) is 6.47. The SMILES string of the molecule is COC(c1ccccc1)(c1ccccc1)[C@@H]1CCCN1N1C(c2ccccc2)=NO[C@@]1(C)CCc1ccccc1. The molecule has 0 saturated carbocycles. The Bertz CT molecular complexity index is 1370. The number of rotatable bonds is 9. The molecule has 1 saturated heterocycles. The van der Waals surface area contributed by atoms with E-state index >= 15 is 0 Å². The van der Waals surface area contributed by atoms with Crippen LogP contribution in [-0.4, -0.2) is 41.3 Å². The zero-order valence-electron chi connectivity index (χ0n) is 23.3. The van der Waals surface area contributed by atoms with Crippen LogP contribution in [-0.2, 0) is 21.6 Å². The Kier molecular flexibility index (Phi) is 7.42. The molecule has 0 radical (unpaired) electrons. The Morgan fingerprint density at radius 3 is 1.95 bits per heavy atom. The van der Waals surface area contributed by atoms with Crippen molar-refractivity contribution in [2.75, 3.05) is 13.7 Å². The first-order valence-electron chi connectivity index (χ1n) is 14.2. The molecule has 5 heteroatoms. The molecular formula is C35H37N3O2. The summed E-state index contributed by atoms with van der Waals surface area (Å²) in [6.07, 6.45) is 3.70. The van der Waals surface area contributed by atoms with Crippen molar-refractivity contribution in [3.8, 4) is 0 Å². The van der Waals surface area contributed by atoms with E-state index in [-0.39, 0.29) is 6.04 Å². The quantitative estimate of drug-likeness (QED) is 0.233. The topological polar surface area (TPSA) is 37.3 Å². The lowest BCUT2D eigenvalue weighted by atomic mass is 9.79. The molecule has 2 aliphatic heterocycles. The van der Waals surface area contributed by atoms with Crippen LogP contribution in [0.5, 0.6) is 0 Å². The summed E-state index contributed by atoms with van der Waals surface area (Å²) in [5.74, 6) is 0.842. The number of amidine groups is 1. The third kappa shape index (κ3) is 4.70. The van der Waals surface area contributed by atoms with Gasteiger partial charge in [-0.2, -0.15) is 0 Å². The van der Waals surface area contributed by atoms with Crippen LogP contribution in [0.2, 0.25) is 0 Å². The van der Waals surface area contributed by atoms with Gasteiger partial charge in [0.1, 0.15) is 5.60 Å². The standard InChI is InChI=1S/C35H37N3O2/c1-34(26-25-28-16-7-3-8-17-28)38(33(36-40-34)29-18-9-4-10-19-29)37-27-15-24-32(37)35(39-2,30-20-11-5-12-21-30)31-22-13-6-14-23-31/h3-14,16-23,32H,15,24-27H2,1-2H3/t32-,34-/m0/s1. The molecule has 0 bridgehead atoms. The Morgan fingerprint density at radius 1 is 0.825 bits per heavy atom. The van der Waals surface area contributed by atoms with E-state index in [0.717, 1.165) is 54.8 Å². The molecule has 2 atom stereocenters. The normalized spacial score (nSPS) is 21.3. The van der Waals surface area contributed by atoms with Crippen LogP contribution in [0.1, 0.15) is 48.4 Å². The first kappa shape index (κ1) is 26.3. The van der Waals surface area contributed by atoms with Crippen molar-refractivity contribution in [2.45, 2.75) is 50.0 Å². The number of nitrogens with zero attached hydrogens (tertiary/aromatic N) is 3. The van der Waals surface area contributed by atoms with Crippen molar-refractivity contribution in [2.24, 2.45) is 5.16 Å². The number of hydrazine groups is 1. The van der Waals surface area contributed by atoms with Crippen LogP contribution >= 0.6 is 0 Å². The van der Waals surface area contributed by atoms with Crippen molar-refractivity contribution >= 4 is 5.84 Å². The maximum Gasteiger partial charge on any atom is 0.222 e. The van der Waals surface area contributed by atoms with Gasteiger partial charge in [0.25, 0.3) is 0 Å². The lowest BCUT2D eigenvalue weighted by Crippen LogP contribution is -2.62. The second-order valence-corrected chi connectivity index (χ2v) is 10.8. The molecule has 2 heterocycles. The first-order valence-corrected chi connectivity index (χ1v) is 14.2. The summed E-state index contributed by atoms with van der Waals surface area (Å²) in [5, 5.41) is 9.56. The second-order valence-electron chi connectivity index (χ2n) is 10.8. The number of benzene rings is 4. The van der Waals surface area contributed by atoms with Crippen molar-refractivity contribution in [3.63, 3.8) is 0 Å². The average molecular weight is 532 g/mol. The lowest BCUT2D eigenvalue weighted by molar-refractivity contribution is -0.193. The van der Waals surface area contributed by atoms with Gasteiger partial charge in [-0.25, -0.2) is 10.0 Å². The van der Waals surface area contributed by atoms with Crippen LogP contribution in [0.3, 0.4) is 0 Å². The van der Waals surface area contributed by atoms with E-state index in [0.29, 0.717) is 0 Å². The van der Waals surface area contributed by atoms with Gasteiger partial charge in [0.05, 0.1) is 6.04 Å². The van der Waals surface area contributed by atoms with Gasteiger partial charge in [-0.05, 0) is 42.9 Å². The van der Waals surface area contributed by atoms with Gasteiger partial charge in [-0.15, -0.1) is 0 Å². The average Bonchev–Trinajstić information content (AvgIpc) is 3.64. The smallest absolute Gasteiger partial charge is 0.222 e. The van der Waals surface area contributed by atoms with Gasteiger partial charge in [-0.1, -0.05) is 126 Å². The molecule has 6 rings (SSSR count). The van der Waals surface area contributed by atoms with Gasteiger partial charge >= 0.3 is 0 Å². The highest BCUT2D eigenvalue weighted by molar-refractivity contribution is 5.99. The molecule has 204 valence electrons. The minimum atomic E-state index is -0.677. The molecule has 0 aromatic heterocycles. The van der Waals surface area contributed by atoms with Crippen molar-refractivity contribution in [1.29, 1.82) is 0 Å². The Balaban J connectivity index is 1.45. The number of hydrogen-bond donors (Lipinski definition) is 0. The molecule has 0 aliphatic carbocycles. The van der Waals surface area contributed by atoms with E-state index in [1.54, 1.807) is 0 Å². The molecule has 0 unspecified atom stereocenters. The highest BCUT2D eigenvalue weighted by Gasteiger charge is 2.54. The fourth-order valence-electron chi connectivity index (χ4n) is 6.47. The van der Waals surface area contributed by atoms with E-state index in [2.05, 4.69) is 132 Å². The minimum Gasteiger partial charge on any atom is -0.367 e. The summed E-state index contributed by atoms with van der Waals surface area (Å²) in [4.78, 5) is 6.39. The lowest BCUT2D eigenvalue weighted by Gasteiger charge is -2.49. The van der Waals surface area contributed by atoms with Gasteiger partial charge < -0.3 is 9.57 Å². The van der Waals surface area contributed by atoms with Crippen LogP contribution in [0.25, 0.3) is 0 Å². The zero-order chi connectivity index (χ0) is 27.4. The molecular weight excluding hydrogens is 494 g/mol. The predicted octanol–water partition coefficient (Wildman–Crippen LogP) is 7.00. The summed E-state index contributed by atoms with van der Waals surface area (Å²) in [7, 11) is 1.85. The van der Waals surface area contributed by atoms with Gasteiger partial charge in [0.2, 0.25) is 5.72 Å². The van der Waals surface area contributed by atoms with Crippen molar-refractivity contribution in [1.82, 2.24) is 10.0 Å². The number of hydrogen-bond acceptors (Lipinski definition) is 5. The van der Waals surface area contributed by atoms with Gasteiger partial charge in [-0.3, -0.25) is 0 Å². The van der Waals surface area contributed by atoms with Gasteiger partial charge in [0, 0.05) is 25.6 Å². The van der Waals surface area contributed by atoms with E-state index in [9.17, 15) is 0 Å². The number of ether oxygens (including phenoxy) is 1. The molecule has 40 heavy (non-hydrogen) atoms. The first-order chi connectivity index (χ1) is 19.7. The molecule has 4 aromatic rings. The van der Waals surface area contributed by atoms with E-state index in [4.69, 9.17) is 14.7 Å². The largest absolute Gasteiger partial charge is 0.367 e. The van der Waals surface area contributed by atoms with E-state index in [1.807, 2.05) is 13.2 Å². The number of oxime groups is 1. The number of aryl methyl sites for hydroxylation is 1. The van der Waals surface area contributed by atoms with Crippen LogP contribution in [0.4, 0.5) is 0 Å². The van der Waals surface area contributed by atoms with Crippen LogP contribution < -0.4 is 0 Å². The fraction of sp³-hybridized carbons (Fsp3) is 0.286. The summed E-state index contributed by atoms with van der Waals surface area (Å²) in [5.41, 5.74) is 3.28. The van der Waals surface area contributed by atoms with Gasteiger partial charge in [0.15, 0.2) is 5.84 Å². The Labute approximate surface area is 237 Å². The highest BCUT2D eigenvalue weighted by atomic mass is 16.7. The zero-order valence-corrected chi connectivity index (χ0v) is 23.3. The van der Waals surface area contributed by atoms with Crippen LogP contribution in [0, 0.1) is 0 Å². The number of methoxy groups -OCH3 is 1. The highest BCUT2D eigenvalue weighted by Crippen LogP contribution is 2.46. The van der Waals surface area contributed by atoms with Crippen molar-refractivity contribution in [3.05, 3.63) is 144 Å². The molecule has 0 N–H and O–H groups in total. The molecule has 2 aliphatic rings. The summed E-state index contributed by atoms with van der Waals surface area (Å²) in [6.45, 7) is 3.05. The van der Waals surface area contributed by atoms with E-state index < -0.39 is 11.3 Å².